The summed E-state index contributed by atoms with van der Waals surface area (Å²) in [6, 6.07) is 10.4. The minimum atomic E-state index is -0.970. The summed E-state index contributed by atoms with van der Waals surface area (Å²) >= 11 is 6.25. The summed E-state index contributed by atoms with van der Waals surface area (Å²) in [5.74, 6) is 1.05. The fourth-order valence-corrected chi connectivity index (χ4v) is 3.56. The summed E-state index contributed by atoms with van der Waals surface area (Å²) in [5.41, 5.74) is 1.98. The van der Waals surface area contributed by atoms with Crippen molar-refractivity contribution >= 4 is 28.4 Å². The lowest BCUT2D eigenvalue weighted by Gasteiger charge is -2.12. The molecule has 2 aromatic rings. The normalized spacial score (nSPS) is 14.4. The fraction of sp³-hybridized carbons (Fsp3) is 0.316. The molecule has 0 N–H and O–H groups in total. The first-order valence-electron chi connectivity index (χ1n) is 8.17. The lowest BCUT2D eigenvalue weighted by Crippen LogP contribution is -2.06. The molecule has 3 rings (SSSR count). The third kappa shape index (κ3) is 4.77. The number of carbonyl (C=O) groups is 1. The maximum Gasteiger partial charge on any atom is 0.338 e. The van der Waals surface area contributed by atoms with Gasteiger partial charge in [0.05, 0.1) is 23.8 Å². The van der Waals surface area contributed by atoms with Gasteiger partial charge in [0.1, 0.15) is 6.61 Å². The highest BCUT2D eigenvalue weighted by atomic mass is 35.5. The van der Waals surface area contributed by atoms with Gasteiger partial charge in [0.15, 0.2) is 11.5 Å². The second-order valence-electron chi connectivity index (χ2n) is 5.95. The van der Waals surface area contributed by atoms with Gasteiger partial charge >= 0.3 is 5.97 Å². The highest BCUT2D eigenvalue weighted by Gasteiger charge is 2.16. The van der Waals surface area contributed by atoms with Gasteiger partial charge in [-0.25, -0.2) is 4.79 Å². The average molecular weight is 395 g/mol. The molecule has 0 spiro atoms. The minimum Gasteiger partial charge on any atom is -0.489 e. The van der Waals surface area contributed by atoms with E-state index < -0.39 is 16.8 Å². The molecule has 0 bridgehead atoms. The van der Waals surface area contributed by atoms with E-state index >= 15 is 0 Å². The van der Waals surface area contributed by atoms with Gasteiger partial charge < -0.3 is 14.2 Å². The Morgan fingerprint density at radius 3 is 2.81 bits per heavy atom. The van der Waals surface area contributed by atoms with Crippen molar-refractivity contribution in [1.82, 2.24) is 0 Å². The van der Waals surface area contributed by atoms with Crippen molar-refractivity contribution in [3.8, 4) is 11.5 Å². The van der Waals surface area contributed by atoms with Crippen LogP contribution in [0.15, 0.2) is 36.4 Å². The minimum absolute atomic E-state index is 0.0686. The summed E-state index contributed by atoms with van der Waals surface area (Å²) in [7, 11) is -0.970. The van der Waals surface area contributed by atoms with Gasteiger partial charge in [-0.1, -0.05) is 23.7 Å². The topological polar surface area (TPSA) is 61.8 Å². The number of ether oxygens (including phenoxy) is 3. The molecule has 0 radical (unpaired) electrons. The molecule has 0 saturated carbocycles. The lowest BCUT2D eigenvalue weighted by molar-refractivity contribution is 0.0472. The first-order chi connectivity index (χ1) is 12.5. The second-order valence-corrected chi connectivity index (χ2v) is 7.79. The van der Waals surface area contributed by atoms with Gasteiger partial charge in [-0.05, 0) is 35.4 Å². The van der Waals surface area contributed by atoms with Crippen LogP contribution >= 0.6 is 11.6 Å². The van der Waals surface area contributed by atoms with Crippen molar-refractivity contribution in [3.05, 3.63) is 58.1 Å². The number of hydrogen-bond donors (Lipinski definition) is 0. The molecule has 0 unspecified atom stereocenters. The molecule has 0 fully saturated rings. The summed E-state index contributed by atoms with van der Waals surface area (Å²) in [6.07, 6.45) is 2.41. The first-order valence-corrected chi connectivity index (χ1v) is 10.3. The molecule has 1 aliphatic heterocycles. The molecule has 1 atom stereocenters. The van der Waals surface area contributed by atoms with Crippen molar-refractivity contribution in [2.75, 3.05) is 19.5 Å². The average Bonchev–Trinajstić information content (AvgIpc) is 2.85. The standard InChI is InChI=1S/C19H19ClO5S/c1-26(22)12-13-4-2-5-15(8-13)19(21)25-11-14-9-16(20)18-17(10-14)23-6-3-7-24-18/h2,4-5,8-10H,3,6-7,11-12H2,1H3/t26-/m1/s1. The Labute approximate surface area is 159 Å². The van der Waals surface area contributed by atoms with Gasteiger partial charge in [0.2, 0.25) is 0 Å². The van der Waals surface area contributed by atoms with Crippen LogP contribution in [0.5, 0.6) is 11.5 Å². The molecule has 1 heterocycles. The van der Waals surface area contributed by atoms with E-state index in [1.54, 1.807) is 36.6 Å². The predicted molar refractivity (Wildman–Crippen MR) is 100 cm³/mol. The first kappa shape index (κ1) is 18.7. The molecular weight excluding hydrogens is 376 g/mol. The van der Waals surface area contributed by atoms with Gasteiger partial charge in [0.25, 0.3) is 0 Å². The van der Waals surface area contributed by atoms with Crippen molar-refractivity contribution in [2.24, 2.45) is 0 Å². The van der Waals surface area contributed by atoms with E-state index in [9.17, 15) is 9.00 Å². The highest BCUT2D eigenvalue weighted by molar-refractivity contribution is 7.83. The van der Waals surface area contributed by atoms with E-state index in [1.807, 2.05) is 6.07 Å². The van der Waals surface area contributed by atoms with Crippen LogP contribution in [0.3, 0.4) is 0 Å². The van der Waals surface area contributed by atoms with E-state index in [0.717, 1.165) is 17.5 Å². The molecule has 0 amide bonds. The molecule has 5 nitrogen and oxygen atoms in total. The number of hydrogen-bond acceptors (Lipinski definition) is 5. The van der Waals surface area contributed by atoms with E-state index in [-0.39, 0.29) is 6.61 Å². The van der Waals surface area contributed by atoms with Crippen LogP contribution in [0.4, 0.5) is 0 Å². The smallest absolute Gasteiger partial charge is 0.338 e. The van der Waals surface area contributed by atoms with Gasteiger partial charge in [-0.3, -0.25) is 4.21 Å². The van der Waals surface area contributed by atoms with Crippen LogP contribution in [-0.2, 0) is 27.9 Å². The zero-order valence-corrected chi connectivity index (χ0v) is 15.9. The third-order valence-electron chi connectivity index (χ3n) is 3.76. The van der Waals surface area contributed by atoms with Crippen LogP contribution in [0.25, 0.3) is 0 Å². The van der Waals surface area contributed by atoms with Crippen LogP contribution in [0, 0.1) is 0 Å². The Balaban J connectivity index is 1.69. The molecule has 0 aromatic heterocycles. The molecule has 7 heteroatoms. The van der Waals surface area contributed by atoms with E-state index in [0.29, 0.717) is 41.1 Å². The monoisotopic (exact) mass is 394 g/mol. The molecule has 0 aliphatic carbocycles. The number of carbonyl (C=O) groups excluding carboxylic acids is 1. The summed E-state index contributed by atoms with van der Waals surface area (Å²) < 4.78 is 27.9. The Morgan fingerprint density at radius 2 is 2.00 bits per heavy atom. The second kappa shape index (κ2) is 8.56. The number of benzene rings is 2. The predicted octanol–water partition coefficient (Wildman–Crippen LogP) is 3.74. The fourth-order valence-electron chi connectivity index (χ4n) is 2.62. The lowest BCUT2D eigenvalue weighted by atomic mass is 10.1. The highest BCUT2D eigenvalue weighted by Crippen LogP contribution is 2.38. The Morgan fingerprint density at radius 1 is 1.19 bits per heavy atom. The largest absolute Gasteiger partial charge is 0.489 e. The van der Waals surface area contributed by atoms with Crippen LogP contribution in [0.2, 0.25) is 5.02 Å². The van der Waals surface area contributed by atoms with Crippen LogP contribution < -0.4 is 9.47 Å². The maximum atomic E-state index is 12.3. The molecule has 26 heavy (non-hydrogen) atoms. The summed E-state index contributed by atoms with van der Waals surface area (Å²) in [5, 5.41) is 0.433. The van der Waals surface area contributed by atoms with Crippen LogP contribution in [-0.4, -0.2) is 29.6 Å². The number of rotatable bonds is 5. The van der Waals surface area contributed by atoms with Crippen molar-refractivity contribution in [3.63, 3.8) is 0 Å². The number of esters is 1. The summed E-state index contributed by atoms with van der Waals surface area (Å²) in [6.45, 7) is 1.18. The Hall–Kier alpha value is -2.05. The number of fused-ring (bicyclic) bond motifs is 1. The van der Waals surface area contributed by atoms with Gasteiger partial charge in [-0.15, -0.1) is 0 Å². The van der Waals surface area contributed by atoms with Crippen molar-refractivity contribution < 1.29 is 23.2 Å². The maximum absolute atomic E-state index is 12.3. The molecule has 0 saturated heterocycles. The van der Waals surface area contributed by atoms with Crippen molar-refractivity contribution in [1.29, 1.82) is 0 Å². The molecular formula is C19H19ClO5S. The van der Waals surface area contributed by atoms with E-state index in [4.69, 9.17) is 25.8 Å². The zero-order chi connectivity index (χ0) is 18.5. The van der Waals surface area contributed by atoms with Gasteiger partial charge in [0, 0.05) is 29.2 Å². The van der Waals surface area contributed by atoms with Crippen LogP contribution in [0.1, 0.15) is 27.9 Å². The Kier molecular flexibility index (Phi) is 6.16. The van der Waals surface area contributed by atoms with E-state index in [2.05, 4.69) is 0 Å². The summed E-state index contributed by atoms with van der Waals surface area (Å²) in [4.78, 5) is 12.3. The third-order valence-corrected chi connectivity index (χ3v) is 4.79. The zero-order valence-electron chi connectivity index (χ0n) is 14.3. The number of halogens is 1. The van der Waals surface area contributed by atoms with Crippen molar-refractivity contribution in [2.45, 2.75) is 18.8 Å². The molecule has 1 aliphatic rings. The SMILES string of the molecule is C[S@@](=O)Cc1cccc(C(=O)OCc2cc(Cl)c3c(c2)OCCCO3)c1. The van der Waals surface area contributed by atoms with E-state index in [1.165, 1.54) is 0 Å². The molecule has 138 valence electrons. The molecule has 2 aromatic carbocycles. The Bertz CT molecular complexity index is 837. The quantitative estimate of drug-likeness (QED) is 0.723. The van der Waals surface area contributed by atoms with Gasteiger partial charge in [-0.2, -0.15) is 0 Å².